The van der Waals surface area contributed by atoms with Gasteiger partial charge in [0.25, 0.3) is 0 Å². The molecule has 0 bridgehead atoms. The molecule has 1 fully saturated rings. The van der Waals surface area contributed by atoms with Gasteiger partial charge in [0.15, 0.2) is 0 Å². The molecule has 0 heterocycles. The lowest BCUT2D eigenvalue weighted by Gasteiger charge is -2.19. The van der Waals surface area contributed by atoms with Gasteiger partial charge in [-0.05, 0) is 71.2 Å². The minimum atomic E-state index is -0.0920. The molecule has 1 unspecified atom stereocenters. The van der Waals surface area contributed by atoms with E-state index in [2.05, 4.69) is 52.2 Å². The Morgan fingerprint density at radius 2 is 1.81 bits per heavy atom. The first-order chi connectivity index (χ1) is 10.2. The SMILES string of the molecule is Fc1ccccc1C(CNC1CC1)Cc1ccc(I)cc1. The highest BCUT2D eigenvalue weighted by atomic mass is 127. The zero-order chi connectivity index (χ0) is 14.7. The maximum atomic E-state index is 14.1. The Morgan fingerprint density at radius 3 is 2.48 bits per heavy atom. The van der Waals surface area contributed by atoms with Gasteiger partial charge in [-0.3, -0.25) is 0 Å². The van der Waals surface area contributed by atoms with Gasteiger partial charge in [0.2, 0.25) is 0 Å². The Labute approximate surface area is 139 Å². The van der Waals surface area contributed by atoms with Gasteiger partial charge in [-0.2, -0.15) is 0 Å². The molecule has 0 aromatic heterocycles. The highest BCUT2D eigenvalue weighted by Gasteiger charge is 2.23. The van der Waals surface area contributed by atoms with Crippen molar-refractivity contribution >= 4 is 22.6 Å². The van der Waals surface area contributed by atoms with E-state index in [1.807, 2.05) is 12.1 Å². The lowest BCUT2D eigenvalue weighted by Crippen LogP contribution is -2.25. The van der Waals surface area contributed by atoms with E-state index in [0.29, 0.717) is 6.04 Å². The predicted octanol–water partition coefficient (Wildman–Crippen LogP) is 4.51. The van der Waals surface area contributed by atoms with Crippen LogP contribution in [0.4, 0.5) is 4.39 Å². The van der Waals surface area contributed by atoms with E-state index in [4.69, 9.17) is 0 Å². The molecule has 0 saturated heterocycles. The molecule has 0 spiro atoms. The van der Waals surface area contributed by atoms with E-state index in [9.17, 15) is 4.39 Å². The maximum Gasteiger partial charge on any atom is 0.126 e. The Morgan fingerprint density at radius 1 is 1.10 bits per heavy atom. The molecule has 2 aromatic carbocycles. The van der Waals surface area contributed by atoms with Crippen molar-refractivity contribution in [2.45, 2.75) is 31.2 Å². The second-order valence-electron chi connectivity index (χ2n) is 5.73. The zero-order valence-electron chi connectivity index (χ0n) is 11.9. The Kier molecular flexibility index (Phi) is 4.91. The van der Waals surface area contributed by atoms with Crippen molar-refractivity contribution in [3.05, 3.63) is 69.0 Å². The van der Waals surface area contributed by atoms with E-state index in [-0.39, 0.29) is 11.7 Å². The molecular formula is C18H19FIN. The van der Waals surface area contributed by atoms with Gasteiger partial charge in [-0.1, -0.05) is 30.3 Å². The number of nitrogens with one attached hydrogen (secondary N) is 1. The summed E-state index contributed by atoms with van der Waals surface area (Å²) in [6.07, 6.45) is 3.39. The van der Waals surface area contributed by atoms with Crippen LogP contribution in [0, 0.1) is 9.39 Å². The van der Waals surface area contributed by atoms with Crippen LogP contribution < -0.4 is 5.32 Å². The van der Waals surface area contributed by atoms with Crippen molar-refractivity contribution in [3.63, 3.8) is 0 Å². The average molecular weight is 395 g/mol. The van der Waals surface area contributed by atoms with Crippen molar-refractivity contribution in [1.82, 2.24) is 5.32 Å². The van der Waals surface area contributed by atoms with Crippen molar-refractivity contribution in [1.29, 1.82) is 0 Å². The number of hydrogen-bond donors (Lipinski definition) is 1. The molecule has 0 amide bonds. The summed E-state index contributed by atoms with van der Waals surface area (Å²) in [6.45, 7) is 0.845. The predicted molar refractivity (Wildman–Crippen MR) is 93.0 cm³/mol. The smallest absolute Gasteiger partial charge is 0.126 e. The zero-order valence-corrected chi connectivity index (χ0v) is 14.0. The van der Waals surface area contributed by atoms with Crippen molar-refractivity contribution in [2.75, 3.05) is 6.54 Å². The largest absolute Gasteiger partial charge is 0.313 e. The molecule has 1 N–H and O–H groups in total. The van der Waals surface area contributed by atoms with E-state index in [1.54, 1.807) is 12.1 Å². The van der Waals surface area contributed by atoms with E-state index in [1.165, 1.54) is 22.0 Å². The van der Waals surface area contributed by atoms with Crippen LogP contribution in [0.25, 0.3) is 0 Å². The van der Waals surface area contributed by atoms with Crippen LogP contribution in [0.2, 0.25) is 0 Å². The summed E-state index contributed by atoms with van der Waals surface area (Å²) in [7, 11) is 0. The minimum absolute atomic E-state index is 0.0920. The van der Waals surface area contributed by atoms with Crippen LogP contribution in [0.3, 0.4) is 0 Å². The molecule has 0 aliphatic heterocycles. The number of benzene rings is 2. The second kappa shape index (κ2) is 6.88. The summed E-state index contributed by atoms with van der Waals surface area (Å²) in [5.74, 6) is 0.0949. The fraction of sp³-hybridized carbons (Fsp3) is 0.333. The summed E-state index contributed by atoms with van der Waals surface area (Å²) in [4.78, 5) is 0. The standard InChI is InChI=1S/C18H19FIN/c19-18-4-2-1-3-17(18)14(12-21-16-9-10-16)11-13-5-7-15(20)8-6-13/h1-8,14,16,21H,9-12H2. The van der Waals surface area contributed by atoms with Gasteiger partial charge in [0.1, 0.15) is 5.82 Å². The van der Waals surface area contributed by atoms with Crippen LogP contribution in [0.1, 0.15) is 29.9 Å². The summed E-state index contributed by atoms with van der Waals surface area (Å²) in [6, 6.07) is 16.3. The average Bonchev–Trinajstić information content (AvgIpc) is 3.30. The summed E-state index contributed by atoms with van der Waals surface area (Å²) in [5.41, 5.74) is 2.09. The van der Waals surface area contributed by atoms with E-state index in [0.717, 1.165) is 18.5 Å². The maximum absolute atomic E-state index is 14.1. The molecule has 1 saturated carbocycles. The molecule has 1 aliphatic rings. The number of hydrogen-bond acceptors (Lipinski definition) is 1. The number of halogens is 2. The van der Waals surface area contributed by atoms with Crippen molar-refractivity contribution in [2.24, 2.45) is 0 Å². The lowest BCUT2D eigenvalue weighted by atomic mass is 9.91. The molecule has 21 heavy (non-hydrogen) atoms. The van der Waals surface area contributed by atoms with Gasteiger partial charge < -0.3 is 5.32 Å². The third-order valence-electron chi connectivity index (χ3n) is 3.97. The molecule has 110 valence electrons. The summed E-state index contributed by atoms with van der Waals surface area (Å²) in [5, 5.41) is 3.55. The molecule has 1 aliphatic carbocycles. The molecular weight excluding hydrogens is 376 g/mol. The summed E-state index contributed by atoms with van der Waals surface area (Å²) < 4.78 is 15.3. The topological polar surface area (TPSA) is 12.0 Å². The van der Waals surface area contributed by atoms with Gasteiger partial charge >= 0.3 is 0 Å². The van der Waals surface area contributed by atoms with Crippen LogP contribution in [-0.4, -0.2) is 12.6 Å². The molecule has 1 atom stereocenters. The first-order valence-corrected chi connectivity index (χ1v) is 8.52. The van der Waals surface area contributed by atoms with Crippen molar-refractivity contribution < 1.29 is 4.39 Å². The number of rotatable bonds is 6. The minimum Gasteiger partial charge on any atom is -0.313 e. The third kappa shape index (κ3) is 4.27. The molecule has 0 radical (unpaired) electrons. The third-order valence-corrected chi connectivity index (χ3v) is 4.69. The fourth-order valence-electron chi connectivity index (χ4n) is 2.60. The normalized spacial score (nSPS) is 15.9. The first-order valence-electron chi connectivity index (χ1n) is 7.44. The van der Waals surface area contributed by atoms with Gasteiger partial charge in [0, 0.05) is 22.1 Å². The fourth-order valence-corrected chi connectivity index (χ4v) is 2.96. The highest BCUT2D eigenvalue weighted by molar-refractivity contribution is 14.1. The first kappa shape index (κ1) is 15.0. The van der Waals surface area contributed by atoms with Gasteiger partial charge in [-0.15, -0.1) is 0 Å². The van der Waals surface area contributed by atoms with Crippen LogP contribution in [0.5, 0.6) is 0 Å². The second-order valence-corrected chi connectivity index (χ2v) is 6.98. The molecule has 3 rings (SSSR count). The monoisotopic (exact) mass is 395 g/mol. The van der Waals surface area contributed by atoms with Gasteiger partial charge in [-0.25, -0.2) is 4.39 Å². The summed E-state index contributed by atoms with van der Waals surface area (Å²) >= 11 is 2.31. The van der Waals surface area contributed by atoms with Crippen LogP contribution in [0.15, 0.2) is 48.5 Å². The molecule has 3 heteroatoms. The lowest BCUT2D eigenvalue weighted by molar-refractivity contribution is 0.536. The molecule has 1 nitrogen and oxygen atoms in total. The van der Waals surface area contributed by atoms with Gasteiger partial charge in [0.05, 0.1) is 0 Å². The Bertz CT molecular complexity index is 592. The quantitative estimate of drug-likeness (QED) is 0.710. The van der Waals surface area contributed by atoms with Crippen molar-refractivity contribution in [3.8, 4) is 0 Å². The Hall–Kier alpha value is -0.940. The Balaban J connectivity index is 1.77. The highest BCUT2D eigenvalue weighted by Crippen LogP contribution is 2.26. The van der Waals surface area contributed by atoms with E-state index >= 15 is 0 Å². The van der Waals surface area contributed by atoms with Crippen LogP contribution in [-0.2, 0) is 6.42 Å². The van der Waals surface area contributed by atoms with E-state index < -0.39 is 0 Å². The van der Waals surface area contributed by atoms with Crippen LogP contribution >= 0.6 is 22.6 Å². The molecule has 2 aromatic rings.